The third-order valence-corrected chi connectivity index (χ3v) is 3.78. The van der Waals surface area contributed by atoms with Crippen LogP contribution in [0.5, 0.6) is 5.75 Å². The summed E-state index contributed by atoms with van der Waals surface area (Å²) < 4.78 is 25.0. The van der Waals surface area contributed by atoms with Crippen LogP contribution in [0.4, 0.5) is 4.39 Å². The van der Waals surface area contributed by atoms with Gasteiger partial charge < -0.3 is 14.8 Å². The van der Waals surface area contributed by atoms with E-state index in [0.717, 1.165) is 31.4 Å². The van der Waals surface area contributed by atoms with Gasteiger partial charge in [-0.2, -0.15) is 0 Å². The first kappa shape index (κ1) is 15.3. The second-order valence-electron chi connectivity index (χ2n) is 5.38. The molecule has 20 heavy (non-hydrogen) atoms. The van der Waals surface area contributed by atoms with Crippen LogP contribution >= 0.6 is 0 Å². The fourth-order valence-electron chi connectivity index (χ4n) is 2.77. The molecule has 4 heteroatoms. The molecule has 1 N–H and O–H groups in total. The molecule has 1 aliphatic heterocycles. The zero-order valence-corrected chi connectivity index (χ0v) is 12.5. The second kappa shape index (κ2) is 7.04. The van der Waals surface area contributed by atoms with Crippen molar-refractivity contribution in [2.45, 2.75) is 51.4 Å². The number of nitrogens with one attached hydrogen (secondary N) is 1. The number of rotatable bonds is 6. The summed E-state index contributed by atoms with van der Waals surface area (Å²) in [6.07, 6.45) is 3.41. The summed E-state index contributed by atoms with van der Waals surface area (Å²) >= 11 is 0. The zero-order chi connectivity index (χ0) is 14.5. The fourth-order valence-corrected chi connectivity index (χ4v) is 2.77. The molecule has 0 saturated carbocycles. The topological polar surface area (TPSA) is 30.5 Å². The summed E-state index contributed by atoms with van der Waals surface area (Å²) in [5, 5.41) is 3.48. The summed E-state index contributed by atoms with van der Waals surface area (Å²) in [5.41, 5.74) is 0.847. The van der Waals surface area contributed by atoms with Gasteiger partial charge in [0.15, 0.2) is 0 Å². The Morgan fingerprint density at radius 1 is 1.45 bits per heavy atom. The summed E-state index contributed by atoms with van der Waals surface area (Å²) in [7, 11) is 1.62. The lowest BCUT2D eigenvalue weighted by Gasteiger charge is -2.26. The van der Waals surface area contributed by atoms with Gasteiger partial charge in [0.2, 0.25) is 0 Å². The highest BCUT2D eigenvalue weighted by Crippen LogP contribution is 2.34. The van der Waals surface area contributed by atoms with Gasteiger partial charge in [0.25, 0.3) is 0 Å². The van der Waals surface area contributed by atoms with E-state index < -0.39 is 0 Å². The van der Waals surface area contributed by atoms with Crippen molar-refractivity contribution in [3.8, 4) is 5.75 Å². The molecule has 0 spiro atoms. The normalized spacial score (nSPS) is 23.8. The Labute approximate surface area is 120 Å². The Hall–Kier alpha value is -1.13. The second-order valence-corrected chi connectivity index (χ2v) is 5.38. The van der Waals surface area contributed by atoms with Gasteiger partial charge in [-0.05, 0) is 50.9 Å². The Morgan fingerprint density at radius 3 is 2.85 bits per heavy atom. The monoisotopic (exact) mass is 281 g/mol. The third-order valence-electron chi connectivity index (χ3n) is 3.78. The standard InChI is InChI=1S/C16H24FNO2/c1-4-9-18-16(15-7-5-11(2)20-15)13-10-12(17)6-8-14(13)19-3/h6,8,10-11,15-16,18H,4-5,7,9H2,1-3H3. The molecular formula is C16H24FNO2. The van der Waals surface area contributed by atoms with Gasteiger partial charge in [-0.3, -0.25) is 0 Å². The van der Waals surface area contributed by atoms with Crippen LogP contribution in [0.25, 0.3) is 0 Å². The van der Waals surface area contributed by atoms with Crippen molar-refractivity contribution in [1.29, 1.82) is 0 Å². The number of hydrogen-bond donors (Lipinski definition) is 1. The Kier molecular flexibility index (Phi) is 5.38. The molecule has 1 aromatic rings. The Bertz CT molecular complexity index is 438. The molecule has 0 aliphatic carbocycles. The molecule has 0 bridgehead atoms. The van der Waals surface area contributed by atoms with Crippen LogP contribution in [0.2, 0.25) is 0 Å². The van der Waals surface area contributed by atoms with E-state index in [9.17, 15) is 4.39 Å². The minimum atomic E-state index is -0.241. The highest BCUT2D eigenvalue weighted by Gasteiger charge is 2.32. The Morgan fingerprint density at radius 2 is 2.25 bits per heavy atom. The van der Waals surface area contributed by atoms with Crippen molar-refractivity contribution in [3.63, 3.8) is 0 Å². The number of hydrogen-bond acceptors (Lipinski definition) is 3. The molecular weight excluding hydrogens is 257 g/mol. The minimum absolute atomic E-state index is 0.0226. The van der Waals surface area contributed by atoms with Gasteiger partial charge in [-0.25, -0.2) is 4.39 Å². The Balaban J connectivity index is 2.27. The zero-order valence-electron chi connectivity index (χ0n) is 12.5. The van der Waals surface area contributed by atoms with Crippen molar-refractivity contribution >= 4 is 0 Å². The van der Waals surface area contributed by atoms with Crippen molar-refractivity contribution in [1.82, 2.24) is 5.32 Å². The van der Waals surface area contributed by atoms with E-state index in [4.69, 9.17) is 9.47 Å². The van der Waals surface area contributed by atoms with Crippen molar-refractivity contribution in [2.75, 3.05) is 13.7 Å². The molecule has 0 amide bonds. The van der Waals surface area contributed by atoms with E-state index in [-0.39, 0.29) is 24.1 Å². The largest absolute Gasteiger partial charge is 0.496 e. The average molecular weight is 281 g/mol. The van der Waals surface area contributed by atoms with Crippen LogP contribution in [0.3, 0.4) is 0 Å². The predicted octanol–water partition coefficient (Wildman–Crippen LogP) is 3.44. The van der Waals surface area contributed by atoms with Crippen LogP contribution in [0.1, 0.15) is 44.7 Å². The van der Waals surface area contributed by atoms with Crippen LogP contribution in [0, 0.1) is 5.82 Å². The van der Waals surface area contributed by atoms with E-state index in [1.54, 1.807) is 19.2 Å². The molecule has 112 valence electrons. The molecule has 3 nitrogen and oxygen atoms in total. The molecule has 2 rings (SSSR count). The summed E-state index contributed by atoms with van der Waals surface area (Å²) in [5.74, 6) is 0.471. The number of benzene rings is 1. The van der Waals surface area contributed by atoms with Gasteiger partial charge in [0.1, 0.15) is 11.6 Å². The maximum atomic E-state index is 13.6. The molecule has 1 aliphatic rings. The molecule has 0 radical (unpaired) electrons. The van der Waals surface area contributed by atoms with Crippen LogP contribution in [-0.4, -0.2) is 25.9 Å². The van der Waals surface area contributed by atoms with Gasteiger partial charge in [-0.15, -0.1) is 0 Å². The number of halogens is 1. The highest BCUT2D eigenvalue weighted by molar-refractivity contribution is 5.37. The number of methoxy groups -OCH3 is 1. The van der Waals surface area contributed by atoms with Gasteiger partial charge in [0, 0.05) is 5.56 Å². The lowest BCUT2D eigenvalue weighted by atomic mass is 9.97. The van der Waals surface area contributed by atoms with Crippen molar-refractivity contribution in [3.05, 3.63) is 29.6 Å². The average Bonchev–Trinajstić information content (AvgIpc) is 2.86. The molecule has 3 unspecified atom stereocenters. The van der Waals surface area contributed by atoms with Crippen LogP contribution in [0.15, 0.2) is 18.2 Å². The van der Waals surface area contributed by atoms with Gasteiger partial charge in [-0.1, -0.05) is 6.92 Å². The lowest BCUT2D eigenvalue weighted by Crippen LogP contribution is -2.33. The van der Waals surface area contributed by atoms with E-state index in [1.807, 2.05) is 0 Å². The van der Waals surface area contributed by atoms with Gasteiger partial charge in [0.05, 0.1) is 25.4 Å². The minimum Gasteiger partial charge on any atom is -0.496 e. The first-order valence-electron chi connectivity index (χ1n) is 7.38. The molecule has 1 heterocycles. The smallest absolute Gasteiger partial charge is 0.123 e. The van der Waals surface area contributed by atoms with E-state index >= 15 is 0 Å². The van der Waals surface area contributed by atoms with E-state index in [2.05, 4.69) is 19.2 Å². The van der Waals surface area contributed by atoms with Crippen LogP contribution in [-0.2, 0) is 4.74 Å². The number of ether oxygens (including phenoxy) is 2. The maximum Gasteiger partial charge on any atom is 0.123 e. The maximum absolute atomic E-state index is 13.6. The van der Waals surface area contributed by atoms with Gasteiger partial charge >= 0.3 is 0 Å². The lowest BCUT2D eigenvalue weighted by molar-refractivity contribution is 0.0310. The first-order chi connectivity index (χ1) is 9.65. The first-order valence-corrected chi connectivity index (χ1v) is 7.38. The molecule has 1 saturated heterocycles. The summed E-state index contributed by atoms with van der Waals surface area (Å²) in [6.45, 7) is 5.07. The third kappa shape index (κ3) is 3.49. The molecule has 3 atom stereocenters. The molecule has 1 fully saturated rings. The fraction of sp³-hybridized carbons (Fsp3) is 0.625. The highest BCUT2D eigenvalue weighted by atomic mass is 19.1. The van der Waals surface area contributed by atoms with Crippen LogP contribution < -0.4 is 10.1 Å². The van der Waals surface area contributed by atoms with Crippen molar-refractivity contribution in [2.24, 2.45) is 0 Å². The van der Waals surface area contributed by atoms with E-state index in [1.165, 1.54) is 6.07 Å². The van der Waals surface area contributed by atoms with E-state index in [0.29, 0.717) is 5.75 Å². The quantitative estimate of drug-likeness (QED) is 0.866. The van der Waals surface area contributed by atoms with Crippen molar-refractivity contribution < 1.29 is 13.9 Å². The summed E-state index contributed by atoms with van der Waals surface area (Å²) in [6, 6.07) is 4.64. The SMILES string of the molecule is CCCNC(c1cc(F)ccc1OC)C1CCC(C)O1. The molecule has 0 aromatic heterocycles. The molecule has 1 aromatic carbocycles. The predicted molar refractivity (Wildman–Crippen MR) is 77.6 cm³/mol. The summed E-state index contributed by atoms with van der Waals surface area (Å²) in [4.78, 5) is 0.